The van der Waals surface area contributed by atoms with Crippen molar-refractivity contribution in [2.45, 2.75) is 25.9 Å². The smallest absolute Gasteiger partial charge is 0.317 e. The molecule has 0 spiro atoms. The summed E-state index contributed by atoms with van der Waals surface area (Å²) in [7, 11) is 1.71. The number of ether oxygens (including phenoxy) is 1. The highest BCUT2D eigenvalue weighted by atomic mass is 16.5. The molecule has 22 heavy (non-hydrogen) atoms. The molecule has 6 nitrogen and oxygen atoms in total. The average Bonchev–Trinajstić information content (AvgIpc) is 2.51. The maximum Gasteiger partial charge on any atom is 0.317 e. The lowest BCUT2D eigenvalue weighted by Crippen LogP contribution is -2.38. The van der Waals surface area contributed by atoms with Crippen LogP contribution in [-0.4, -0.2) is 48.8 Å². The van der Waals surface area contributed by atoms with E-state index < -0.39 is 5.97 Å². The van der Waals surface area contributed by atoms with Gasteiger partial charge in [0.2, 0.25) is 0 Å². The highest BCUT2D eigenvalue weighted by molar-refractivity contribution is 5.73. The van der Waals surface area contributed by atoms with Crippen molar-refractivity contribution in [2.24, 2.45) is 0 Å². The van der Waals surface area contributed by atoms with Crippen LogP contribution in [0.3, 0.4) is 0 Å². The summed E-state index contributed by atoms with van der Waals surface area (Å²) in [4.78, 5) is 23.6. The lowest BCUT2D eigenvalue weighted by Gasteiger charge is -2.17. The van der Waals surface area contributed by atoms with Crippen LogP contribution in [-0.2, 0) is 16.1 Å². The molecule has 0 fully saturated rings. The second-order valence-corrected chi connectivity index (χ2v) is 5.04. The Bertz CT molecular complexity index is 451. The molecule has 0 heterocycles. The highest BCUT2D eigenvalue weighted by Gasteiger charge is 2.07. The van der Waals surface area contributed by atoms with E-state index in [1.54, 1.807) is 11.9 Å². The van der Waals surface area contributed by atoms with Crippen LogP contribution in [0.2, 0.25) is 0 Å². The number of rotatable bonds is 10. The minimum absolute atomic E-state index is 0.0668. The fourth-order valence-electron chi connectivity index (χ4n) is 1.84. The molecule has 1 aromatic rings. The number of benzene rings is 1. The summed E-state index contributed by atoms with van der Waals surface area (Å²) in [5.74, 6) is -0.849. The minimum Gasteiger partial charge on any atom is -0.481 e. The van der Waals surface area contributed by atoms with Gasteiger partial charge in [0, 0.05) is 33.2 Å². The Morgan fingerprint density at radius 3 is 2.64 bits per heavy atom. The molecule has 0 saturated heterocycles. The van der Waals surface area contributed by atoms with Crippen LogP contribution in [0.1, 0.15) is 24.8 Å². The van der Waals surface area contributed by atoms with Gasteiger partial charge >= 0.3 is 12.0 Å². The van der Waals surface area contributed by atoms with Crippen molar-refractivity contribution in [3.8, 4) is 0 Å². The Morgan fingerprint density at radius 1 is 1.23 bits per heavy atom. The first-order valence-corrected chi connectivity index (χ1v) is 7.42. The third-order valence-electron chi connectivity index (χ3n) is 3.08. The molecule has 0 saturated carbocycles. The van der Waals surface area contributed by atoms with E-state index in [-0.39, 0.29) is 12.5 Å². The Kier molecular flexibility index (Phi) is 8.67. The lowest BCUT2D eigenvalue weighted by molar-refractivity contribution is -0.137. The predicted octanol–water partition coefficient (Wildman–Crippen LogP) is 2.10. The number of hydrogen-bond donors (Lipinski definition) is 2. The van der Waals surface area contributed by atoms with Gasteiger partial charge in [-0.2, -0.15) is 0 Å². The summed E-state index contributed by atoms with van der Waals surface area (Å²) >= 11 is 0. The number of carboxylic acids is 1. The number of carboxylic acid groups (broad SMARTS) is 1. The number of carbonyl (C=O) groups excluding carboxylic acids is 1. The van der Waals surface area contributed by atoms with Gasteiger partial charge in [-0.25, -0.2) is 4.79 Å². The van der Waals surface area contributed by atoms with Crippen molar-refractivity contribution in [1.29, 1.82) is 0 Å². The summed E-state index contributed by atoms with van der Waals surface area (Å²) < 4.78 is 5.55. The van der Waals surface area contributed by atoms with E-state index in [1.807, 2.05) is 30.3 Å². The molecule has 0 aromatic heterocycles. The molecule has 2 N–H and O–H groups in total. The second kappa shape index (κ2) is 10.6. The molecule has 0 atom stereocenters. The second-order valence-electron chi connectivity index (χ2n) is 5.04. The molecule has 122 valence electrons. The summed E-state index contributed by atoms with van der Waals surface area (Å²) in [6, 6.07) is 9.75. The van der Waals surface area contributed by atoms with E-state index >= 15 is 0 Å². The molecule has 0 unspecified atom stereocenters. The molecule has 1 rings (SSSR count). The fourth-order valence-corrected chi connectivity index (χ4v) is 1.84. The third-order valence-corrected chi connectivity index (χ3v) is 3.08. The molecule has 1 aromatic carbocycles. The number of amides is 2. The molecule has 0 aliphatic heterocycles. The summed E-state index contributed by atoms with van der Waals surface area (Å²) in [5.41, 5.74) is 1.13. The molecular weight excluding hydrogens is 284 g/mol. The lowest BCUT2D eigenvalue weighted by atomic mass is 10.2. The van der Waals surface area contributed by atoms with Crippen LogP contribution >= 0.6 is 0 Å². The molecule has 0 radical (unpaired) electrons. The van der Waals surface area contributed by atoms with Crippen molar-refractivity contribution in [3.05, 3.63) is 35.9 Å². The number of nitrogens with zero attached hydrogens (tertiary/aromatic N) is 1. The third kappa shape index (κ3) is 8.26. The Labute approximate surface area is 131 Å². The first-order chi connectivity index (χ1) is 10.6. The first kappa shape index (κ1) is 18.0. The number of aliphatic carboxylic acids is 1. The fraction of sp³-hybridized carbons (Fsp3) is 0.500. The van der Waals surface area contributed by atoms with Crippen molar-refractivity contribution in [3.63, 3.8) is 0 Å². The van der Waals surface area contributed by atoms with Crippen molar-refractivity contribution in [1.82, 2.24) is 10.2 Å². The Hall–Kier alpha value is -2.08. The summed E-state index contributed by atoms with van der Waals surface area (Å²) in [5, 5.41) is 11.2. The van der Waals surface area contributed by atoms with Crippen LogP contribution in [0, 0.1) is 0 Å². The molecular formula is C16H24N2O4. The van der Waals surface area contributed by atoms with E-state index in [9.17, 15) is 9.59 Å². The van der Waals surface area contributed by atoms with E-state index in [4.69, 9.17) is 9.84 Å². The molecule has 2 amide bonds. The molecule has 0 bridgehead atoms. The monoisotopic (exact) mass is 308 g/mol. The zero-order valence-electron chi connectivity index (χ0n) is 13.0. The number of nitrogens with one attached hydrogen (secondary N) is 1. The van der Waals surface area contributed by atoms with Gasteiger partial charge in [0.05, 0.1) is 6.61 Å². The van der Waals surface area contributed by atoms with E-state index in [2.05, 4.69) is 5.32 Å². The van der Waals surface area contributed by atoms with E-state index in [0.29, 0.717) is 32.7 Å². The first-order valence-electron chi connectivity index (χ1n) is 7.42. The van der Waals surface area contributed by atoms with Gasteiger partial charge in [0.15, 0.2) is 0 Å². The van der Waals surface area contributed by atoms with Gasteiger partial charge in [-0.3, -0.25) is 4.79 Å². The summed E-state index contributed by atoms with van der Waals surface area (Å²) in [6.07, 6.45) is 1.26. The van der Waals surface area contributed by atoms with Crippen LogP contribution in [0.15, 0.2) is 30.3 Å². The zero-order valence-corrected chi connectivity index (χ0v) is 13.0. The van der Waals surface area contributed by atoms with Gasteiger partial charge in [-0.1, -0.05) is 30.3 Å². The van der Waals surface area contributed by atoms with Crippen LogP contribution in [0.5, 0.6) is 0 Å². The van der Waals surface area contributed by atoms with E-state index in [0.717, 1.165) is 12.0 Å². The summed E-state index contributed by atoms with van der Waals surface area (Å²) in [6.45, 7) is 2.14. The quantitative estimate of drug-likeness (QED) is 0.649. The van der Waals surface area contributed by atoms with E-state index in [1.165, 1.54) is 0 Å². The van der Waals surface area contributed by atoms with Crippen LogP contribution in [0.25, 0.3) is 0 Å². The Balaban J connectivity index is 2.03. The number of carbonyl (C=O) groups is 2. The van der Waals surface area contributed by atoms with Gasteiger partial charge in [0.25, 0.3) is 0 Å². The highest BCUT2D eigenvalue weighted by Crippen LogP contribution is 2.01. The van der Waals surface area contributed by atoms with Crippen molar-refractivity contribution < 1.29 is 19.4 Å². The number of urea groups is 1. The molecule has 6 heteroatoms. The van der Waals surface area contributed by atoms with Gasteiger partial charge in [0.1, 0.15) is 0 Å². The van der Waals surface area contributed by atoms with Crippen LogP contribution < -0.4 is 5.32 Å². The van der Waals surface area contributed by atoms with Gasteiger partial charge < -0.3 is 20.1 Å². The van der Waals surface area contributed by atoms with Crippen molar-refractivity contribution in [2.75, 3.05) is 26.7 Å². The standard InChI is InChI=1S/C16H24N2O4/c1-18(16(21)17-10-5-9-15(19)20)11-6-12-22-13-14-7-3-2-4-8-14/h2-4,7-8H,5-6,9-13H2,1H3,(H,17,21)(H,19,20). The normalized spacial score (nSPS) is 10.2. The SMILES string of the molecule is CN(CCCOCc1ccccc1)C(=O)NCCCC(=O)O. The topological polar surface area (TPSA) is 78.9 Å². The maximum atomic E-state index is 11.7. The number of hydrogen-bond acceptors (Lipinski definition) is 3. The molecule has 0 aliphatic carbocycles. The zero-order chi connectivity index (χ0) is 16.2. The Morgan fingerprint density at radius 2 is 1.95 bits per heavy atom. The maximum absolute atomic E-state index is 11.7. The minimum atomic E-state index is -0.849. The predicted molar refractivity (Wildman–Crippen MR) is 83.6 cm³/mol. The van der Waals surface area contributed by atoms with Crippen molar-refractivity contribution >= 4 is 12.0 Å². The largest absolute Gasteiger partial charge is 0.481 e. The average molecular weight is 308 g/mol. The van der Waals surface area contributed by atoms with Crippen LogP contribution in [0.4, 0.5) is 4.79 Å². The van der Waals surface area contributed by atoms with Gasteiger partial charge in [-0.15, -0.1) is 0 Å². The molecule has 0 aliphatic rings. The van der Waals surface area contributed by atoms with Gasteiger partial charge in [-0.05, 0) is 18.4 Å².